The fourth-order valence-corrected chi connectivity index (χ4v) is 4.96. The summed E-state index contributed by atoms with van der Waals surface area (Å²) >= 11 is 0. The van der Waals surface area contributed by atoms with Crippen LogP contribution in [0, 0.1) is 0 Å². The maximum absolute atomic E-state index is 13.5. The van der Waals surface area contributed by atoms with E-state index in [0.717, 1.165) is 6.42 Å². The van der Waals surface area contributed by atoms with Gasteiger partial charge in [0.15, 0.2) is 23.0 Å². The summed E-state index contributed by atoms with van der Waals surface area (Å²) in [4.78, 5) is 26.3. The molecule has 0 bridgehead atoms. The minimum atomic E-state index is -1.77. The maximum Gasteiger partial charge on any atom is 0.251 e. The van der Waals surface area contributed by atoms with Gasteiger partial charge in [0, 0.05) is 23.7 Å². The van der Waals surface area contributed by atoms with Gasteiger partial charge in [-0.3, -0.25) is 9.59 Å². The number of aliphatic hydroxyl groups is 4. The van der Waals surface area contributed by atoms with E-state index in [1.807, 2.05) is 6.92 Å². The van der Waals surface area contributed by atoms with Crippen LogP contribution < -0.4 is 25.0 Å². The molecule has 5 unspecified atom stereocenters. The lowest BCUT2D eigenvalue weighted by atomic mass is 9.87. The van der Waals surface area contributed by atoms with E-state index in [2.05, 4.69) is 5.32 Å². The second-order valence-electron chi connectivity index (χ2n) is 9.65. The number of ether oxygens (including phenoxy) is 4. The van der Waals surface area contributed by atoms with Crippen molar-refractivity contribution in [2.24, 2.45) is 0 Å². The van der Waals surface area contributed by atoms with Gasteiger partial charge in [-0.05, 0) is 36.2 Å². The molecule has 4 rings (SSSR count). The van der Waals surface area contributed by atoms with Crippen molar-refractivity contribution in [1.29, 1.82) is 0 Å². The number of carbonyl (C=O) groups is 1. The molecule has 2 aromatic carbocycles. The molecule has 1 aliphatic heterocycles. The molecule has 0 spiro atoms. The molecule has 12 heteroatoms. The molecule has 3 aromatic rings. The van der Waals surface area contributed by atoms with Crippen LogP contribution in [-0.2, 0) is 16.1 Å². The first kappa shape index (κ1) is 30.3. The highest BCUT2D eigenvalue weighted by Gasteiger charge is 2.48. The molecule has 1 aromatic heterocycles. The van der Waals surface area contributed by atoms with Gasteiger partial charge in [0.2, 0.25) is 0 Å². The van der Waals surface area contributed by atoms with Crippen LogP contribution in [0.15, 0.2) is 39.5 Å². The molecular weight excluding hydrogens is 538 g/mol. The molecule has 12 nitrogen and oxygen atoms in total. The Morgan fingerprint density at radius 3 is 2.34 bits per heavy atom. The van der Waals surface area contributed by atoms with Crippen LogP contribution in [-0.4, -0.2) is 78.6 Å². The summed E-state index contributed by atoms with van der Waals surface area (Å²) in [6.45, 7) is 1.68. The molecule has 0 saturated carbocycles. The lowest BCUT2D eigenvalue weighted by molar-refractivity contribution is -0.223. The second-order valence-corrected chi connectivity index (χ2v) is 9.65. The van der Waals surface area contributed by atoms with E-state index in [0.29, 0.717) is 30.0 Å². The zero-order valence-electron chi connectivity index (χ0n) is 23.2. The molecule has 1 saturated heterocycles. The van der Waals surface area contributed by atoms with Gasteiger partial charge in [-0.2, -0.15) is 0 Å². The predicted molar refractivity (Wildman–Crippen MR) is 147 cm³/mol. The van der Waals surface area contributed by atoms with Crippen molar-refractivity contribution in [3.8, 4) is 28.6 Å². The molecule has 0 radical (unpaired) electrons. The highest BCUT2D eigenvalue weighted by atomic mass is 16.5. The number of nitrogens with one attached hydrogen (secondary N) is 1. The Morgan fingerprint density at radius 2 is 1.71 bits per heavy atom. The van der Waals surface area contributed by atoms with Crippen LogP contribution in [0.25, 0.3) is 22.3 Å². The van der Waals surface area contributed by atoms with Crippen LogP contribution in [0.4, 0.5) is 0 Å². The third-order valence-electron chi connectivity index (χ3n) is 7.13. The quantitative estimate of drug-likeness (QED) is 0.222. The van der Waals surface area contributed by atoms with Crippen molar-refractivity contribution in [3.05, 3.63) is 51.7 Å². The lowest BCUT2D eigenvalue weighted by Gasteiger charge is -2.41. The summed E-state index contributed by atoms with van der Waals surface area (Å²) in [5.41, 5.74) is 0.290. The number of aliphatic hydroxyl groups excluding tert-OH is 4. The Morgan fingerprint density at radius 1 is 0.976 bits per heavy atom. The van der Waals surface area contributed by atoms with Crippen LogP contribution >= 0.6 is 0 Å². The van der Waals surface area contributed by atoms with Gasteiger partial charge < -0.3 is 49.1 Å². The van der Waals surface area contributed by atoms with Gasteiger partial charge in [0.1, 0.15) is 46.9 Å². The first-order chi connectivity index (χ1) is 19.7. The fraction of sp³-hybridized carbons (Fsp3) is 0.448. The largest absolute Gasteiger partial charge is 0.495 e. The fourth-order valence-electron chi connectivity index (χ4n) is 4.96. The molecule has 1 fully saturated rings. The number of benzene rings is 2. The summed E-state index contributed by atoms with van der Waals surface area (Å²) in [7, 11) is 4.27. The van der Waals surface area contributed by atoms with Crippen molar-refractivity contribution in [2.45, 2.75) is 56.9 Å². The average Bonchev–Trinajstić information content (AvgIpc) is 2.98. The number of carbonyl (C=O) groups excluding carboxylic acids is 1. The Hall–Kier alpha value is -3.68. The third-order valence-corrected chi connectivity index (χ3v) is 7.13. The minimum absolute atomic E-state index is 0.00992. The lowest BCUT2D eigenvalue weighted by Crippen LogP contribution is -2.59. The smallest absolute Gasteiger partial charge is 0.251 e. The Labute approximate surface area is 236 Å². The second kappa shape index (κ2) is 12.9. The standard InChI is InChI=1S/C29H35NO11/c1-5-6-9-30-29(36)28-25(35)23(33)24(34)27(41-28)21-15(13-31)11-20-22(26(21)39-4)16(32)12-18(40-20)14-7-8-17(37-2)19(10-14)38-3/h7-8,10-12,23-25,27-28,31,33-35H,5-6,9,13H2,1-4H3,(H,30,36). The van der Waals surface area contributed by atoms with Crippen molar-refractivity contribution in [2.75, 3.05) is 27.9 Å². The Balaban J connectivity index is 1.83. The normalized spacial score (nSPS) is 22.4. The van der Waals surface area contributed by atoms with Gasteiger partial charge in [-0.1, -0.05) is 13.3 Å². The maximum atomic E-state index is 13.5. The SMILES string of the molecule is CCCCNC(=O)C1OC(c2c(CO)cc3oc(-c4ccc(OC)c(OC)c4)cc(=O)c3c2OC)C(O)C(O)C1O. The number of rotatable bonds is 10. The molecular formula is C29H35NO11. The monoisotopic (exact) mass is 573 g/mol. The highest BCUT2D eigenvalue weighted by Crippen LogP contribution is 2.43. The molecule has 222 valence electrons. The van der Waals surface area contributed by atoms with Crippen LogP contribution in [0.5, 0.6) is 17.2 Å². The Bertz CT molecular complexity index is 1450. The number of fused-ring (bicyclic) bond motifs is 1. The van der Waals surface area contributed by atoms with Gasteiger partial charge in [0.25, 0.3) is 5.91 Å². The number of unbranched alkanes of at least 4 members (excludes halogenated alkanes) is 1. The van der Waals surface area contributed by atoms with Crippen molar-refractivity contribution < 1.29 is 48.6 Å². The molecule has 5 N–H and O–H groups in total. The topological polar surface area (TPSA) is 177 Å². The van der Waals surface area contributed by atoms with E-state index in [-0.39, 0.29) is 33.6 Å². The molecule has 0 aliphatic carbocycles. The molecule has 1 aliphatic rings. The van der Waals surface area contributed by atoms with Crippen LogP contribution in [0.1, 0.15) is 37.0 Å². The van der Waals surface area contributed by atoms with Crippen molar-refractivity contribution in [3.63, 3.8) is 0 Å². The minimum Gasteiger partial charge on any atom is -0.495 e. The summed E-state index contributed by atoms with van der Waals surface area (Å²) in [5, 5.41) is 45.0. The first-order valence-electron chi connectivity index (χ1n) is 13.2. The zero-order valence-corrected chi connectivity index (χ0v) is 23.2. The summed E-state index contributed by atoms with van der Waals surface area (Å²) in [6, 6.07) is 7.66. The summed E-state index contributed by atoms with van der Waals surface area (Å²) < 4.78 is 28.1. The van der Waals surface area contributed by atoms with E-state index in [9.17, 15) is 30.0 Å². The number of amides is 1. The Kier molecular flexibility index (Phi) is 9.51. The van der Waals surface area contributed by atoms with Gasteiger partial charge >= 0.3 is 0 Å². The van der Waals surface area contributed by atoms with Gasteiger partial charge in [-0.15, -0.1) is 0 Å². The molecule has 5 atom stereocenters. The third kappa shape index (κ3) is 5.74. The molecule has 41 heavy (non-hydrogen) atoms. The van der Waals surface area contributed by atoms with Crippen molar-refractivity contribution in [1.82, 2.24) is 5.32 Å². The predicted octanol–water partition coefficient (Wildman–Crippen LogP) is 1.42. The summed E-state index contributed by atoms with van der Waals surface area (Å²) in [6.07, 6.45) is -6.68. The van der Waals surface area contributed by atoms with E-state index in [4.69, 9.17) is 23.4 Å². The van der Waals surface area contributed by atoms with Crippen LogP contribution in [0.3, 0.4) is 0 Å². The molecule has 2 heterocycles. The number of hydrogen-bond acceptors (Lipinski definition) is 11. The van der Waals surface area contributed by atoms with Crippen LogP contribution in [0.2, 0.25) is 0 Å². The summed E-state index contributed by atoms with van der Waals surface area (Å²) in [5.74, 6) is 0.375. The molecule has 1 amide bonds. The number of hydrogen-bond donors (Lipinski definition) is 5. The van der Waals surface area contributed by atoms with Gasteiger partial charge in [-0.25, -0.2) is 0 Å². The zero-order chi connectivity index (χ0) is 29.8. The van der Waals surface area contributed by atoms with E-state index in [1.54, 1.807) is 18.2 Å². The first-order valence-corrected chi connectivity index (χ1v) is 13.2. The number of methoxy groups -OCH3 is 3. The van der Waals surface area contributed by atoms with Crippen molar-refractivity contribution >= 4 is 16.9 Å². The van der Waals surface area contributed by atoms with E-state index >= 15 is 0 Å². The van der Waals surface area contributed by atoms with E-state index < -0.39 is 48.5 Å². The average molecular weight is 574 g/mol. The highest BCUT2D eigenvalue weighted by molar-refractivity contribution is 5.88. The van der Waals surface area contributed by atoms with Gasteiger partial charge in [0.05, 0.1) is 27.9 Å². The van der Waals surface area contributed by atoms with E-state index in [1.165, 1.54) is 33.5 Å².